The normalized spacial score (nSPS) is 14.5. The van der Waals surface area contributed by atoms with Crippen molar-refractivity contribution < 1.29 is 5.11 Å². The quantitative estimate of drug-likeness (QED) is 0.884. The molecule has 0 saturated carbocycles. The standard InChI is InChI=1S/C14H22BrNO/c1-5-6-10(2)16(4)12-7-8-13(11(3)17)14(15)9-12/h7-11,17H,5-6H2,1-4H3/t10?,11-/m0/s1. The Balaban J connectivity index is 2.89. The molecule has 0 aliphatic heterocycles. The highest BCUT2D eigenvalue weighted by Crippen LogP contribution is 2.28. The Morgan fingerprint density at radius 3 is 2.47 bits per heavy atom. The summed E-state index contributed by atoms with van der Waals surface area (Å²) in [6.45, 7) is 6.22. The number of benzene rings is 1. The highest BCUT2D eigenvalue weighted by Gasteiger charge is 2.12. The number of rotatable bonds is 5. The van der Waals surface area contributed by atoms with Gasteiger partial charge in [-0.15, -0.1) is 0 Å². The third-order valence-electron chi connectivity index (χ3n) is 3.21. The number of aliphatic hydroxyl groups is 1. The van der Waals surface area contributed by atoms with Gasteiger partial charge in [0.05, 0.1) is 6.10 Å². The molecule has 0 aliphatic carbocycles. The van der Waals surface area contributed by atoms with E-state index < -0.39 is 6.10 Å². The monoisotopic (exact) mass is 299 g/mol. The number of anilines is 1. The molecule has 0 fully saturated rings. The molecule has 1 unspecified atom stereocenters. The van der Waals surface area contributed by atoms with Crippen molar-refractivity contribution in [2.75, 3.05) is 11.9 Å². The summed E-state index contributed by atoms with van der Waals surface area (Å²) in [4.78, 5) is 2.28. The van der Waals surface area contributed by atoms with Gasteiger partial charge in [-0.25, -0.2) is 0 Å². The first-order valence-corrected chi connectivity index (χ1v) is 6.97. The topological polar surface area (TPSA) is 23.5 Å². The largest absolute Gasteiger partial charge is 0.389 e. The summed E-state index contributed by atoms with van der Waals surface area (Å²) in [7, 11) is 2.12. The molecule has 0 spiro atoms. The van der Waals surface area contributed by atoms with Crippen LogP contribution < -0.4 is 4.90 Å². The van der Waals surface area contributed by atoms with Crippen molar-refractivity contribution in [2.45, 2.75) is 45.8 Å². The fourth-order valence-electron chi connectivity index (χ4n) is 1.94. The van der Waals surface area contributed by atoms with Crippen molar-refractivity contribution in [1.82, 2.24) is 0 Å². The summed E-state index contributed by atoms with van der Waals surface area (Å²) in [6.07, 6.45) is 1.95. The summed E-state index contributed by atoms with van der Waals surface area (Å²) in [6, 6.07) is 6.66. The van der Waals surface area contributed by atoms with E-state index in [2.05, 4.69) is 53.9 Å². The summed E-state index contributed by atoms with van der Waals surface area (Å²) in [5, 5.41) is 9.58. The maximum atomic E-state index is 9.58. The lowest BCUT2D eigenvalue weighted by molar-refractivity contribution is 0.198. The Kier molecular flexibility index (Phi) is 5.47. The van der Waals surface area contributed by atoms with Crippen molar-refractivity contribution in [2.24, 2.45) is 0 Å². The van der Waals surface area contributed by atoms with Crippen molar-refractivity contribution in [3.8, 4) is 0 Å². The first kappa shape index (κ1) is 14.5. The van der Waals surface area contributed by atoms with Crippen molar-refractivity contribution in [3.63, 3.8) is 0 Å². The van der Waals surface area contributed by atoms with Crippen LogP contribution in [0.15, 0.2) is 22.7 Å². The van der Waals surface area contributed by atoms with Crippen LogP contribution in [0.5, 0.6) is 0 Å². The molecule has 1 aromatic carbocycles. The van der Waals surface area contributed by atoms with E-state index in [1.54, 1.807) is 6.92 Å². The Morgan fingerprint density at radius 1 is 1.35 bits per heavy atom. The molecule has 0 bridgehead atoms. The summed E-state index contributed by atoms with van der Waals surface area (Å²) in [5.41, 5.74) is 2.12. The molecule has 0 radical (unpaired) electrons. The molecular formula is C14H22BrNO. The van der Waals surface area contributed by atoms with Gasteiger partial charge in [-0.1, -0.05) is 35.3 Å². The van der Waals surface area contributed by atoms with E-state index in [-0.39, 0.29) is 0 Å². The minimum Gasteiger partial charge on any atom is -0.389 e. The van der Waals surface area contributed by atoms with Crippen LogP contribution in [0.1, 0.15) is 45.3 Å². The average Bonchev–Trinajstić information content (AvgIpc) is 2.27. The lowest BCUT2D eigenvalue weighted by Crippen LogP contribution is -2.28. The second-order valence-electron chi connectivity index (χ2n) is 4.63. The maximum absolute atomic E-state index is 9.58. The zero-order valence-corrected chi connectivity index (χ0v) is 12.7. The summed E-state index contributed by atoms with van der Waals surface area (Å²) >= 11 is 3.52. The number of nitrogens with zero attached hydrogens (tertiary/aromatic N) is 1. The predicted octanol–water partition coefficient (Wildman–Crippen LogP) is 4.13. The lowest BCUT2D eigenvalue weighted by atomic mass is 10.1. The molecule has 0 aliphatic rings. The van der Waals surface area contributed by atoms with E-state index in [0.29, 0.717) is 6.04 Å². The van der Waals surface area contributed by atoms with Crippen LogP contribution in [-0.4, -0.2) is 18.2 Å². The highest BCUT2D eigenvalue weighted by atomic mass is 79.9. The van der Waals surface area contributed by atoms with Gasteiger partial charge in [0.25, 0.3) is 0 Å². The van der Waals surface area contributed by atoms with Gasteiger partial charge in [-0.05, 0) is 38.0 Å². The molecule has 17 heavy (non-hydrogen) atoms. The van der Waals surface area contributed by atoms with E-state index >= 15 is 0 Å². The van der Waals surface area contributed by atoms with Gasteiger partial charge in [-0.2, -0.15) is 0 Å². The lowest BCUT2D eigenvalue weighted by Gasteiger charge is -2.27. The number of hydrogen-bond acceptors (Lipinski definition) is 2. The molecule has 2 atom stereocenters. The SMILES string of the molecule is CCCC(C)N(C)c1ccc([C@H](C)O)c(Br)c1. The van der Waals surface area contributed by atoms with E-state index in [9.17, 15) is 5.11 Å². The summed E-state index contributed by atoms with van der Waals surface area (Å²) in [5.74, 6) is 0. The Labute approximate surface area is 113 Å². The van der Waals surface area contributed by atoms with Crippen LogP contribution in [0, 0.1) is 0 Å². The Hall–Kier alpha value is -0.540. The van der Waals surface area contributed by atoms with E-state index in [0.717, 1.165) is 10.0 Å². The van der Waals surface area contributed by atoms with Crippen LogP contribution in [0.2, 0.25) is 0 Å². The number of hydrogen-bond donors (Lipinski definition) is 1. The number of aliphatic hydroxyl groups excluding tert-OH is 1. The molecular weight excluding hydrogens is 278 g/mol. The maximum Gasteiger partial charge on any atom is 0.0772 e. The predicted molar refractivity (Wildman–Crippen MR) is 77.5 cm³/mol. The van der Waals surface area contributed by atoms with Gasteiger partial charge in [0.15, 0.2) is 0 Å². The average molecular weight is 300 g/mol. The van der Waals surface area contributed by atoms with Crippen LogP contribution in [0.3, 0.4) is 0 Å². The molecule has 1 aromatic rings. The second kappa shape index (κ2) is 6.41. The molecule has 0 heterocycles. The van der Waals surface area contributed by atoms with Crippen molar-refractivity contribution in [3.05, 3.63) is 28.2 Å². The molecule has 1 N–H and O–H groups in total. The first-order chi connectivity index (χ1) is 7.97. The van der Waals surface area contributed by atoms with Crippen molar-refractivity contribution in [1.29, 1.82) is 0 Å². The zero-order valence-electron chi connectivity index (χ0n) is 11.1. The van der Waals surface area contributed by atoms with Gasteiger partial charge < -0.3 is 10.0 Å². The van der Waals surface area contributed by atoms with E-state index in [4.69, 9.17) is 0 Å². The van der Waals surface area contributed by atoms with Gasteiger partial charge in [-0.3, -0.25) is 0 Å². The second-order valence-corrected chi connectivity index (χ2v) is 5.48. The van der Waals surface area contributed by atoms with Crippen LogP contribution in [0.25, 0.3) is 0 Å². The van der Waals surface area contributed by atoms with Gasteiger partial charge in [0, 0.05) is 23.2 Å². The van der Waals surface area contributed by atoms with Gasteiger partial charge >= 0.3 is 0 Å². The molecule has 3 heteroatoms. The molecule has 96 valence electrons. The minimum absolute atomic E-state index is 0.434. The first-order valence-electron chi connectivity index (χ1n) is 6.17. The molecule has 0 aromatic heterocycles. The fraction of sp³-hybridized carbons (Fsp3) is 0.571. The van der Waals surface area contributed by atoms with Crippen LogP contribution >= 0.6 is 15.9 Å². The van der Waals surface area contributed by atoms with Crippen molar-refractivity contribution >= 4 is 21.6 Å². The Morgan fingerprint density at radius 2 is 2.00 bits per heavy atom. The van der Waals surface area contributed by atoms with E-state index in [1.165, 1.54) is 18.5 Å². The number of halogens is 1. The van der Waals surface area contributed by atoms with Crippen LogP contribution in [-0.2, 0) is 0 Å². The molecule has 0 amide bonds. The summed E-state index contributed by atoms with van der Waals surface area (Å²) < 4.78 is 0.973. The highest BCUT2D eigenvalue weighted by molar-refractivity contribution is 9.10. The molecule has 2 nitrogen and oxygen atoms in total. The minimum atomic E-state index is -0.434. The smallest absolute Gasteiger partial charge is 0.0772 e. The molecule has 0 saturated heterocycles. The fourth-order valence-corrected chi connectivity index (χ4v) is 2.64. The Bertz CT molecular complexity index is 365. The third-order valence-corrected chi connectivity index (χ3v) is 3.90. The van der Waals surface area contributed by atoms with Crippen LogP contribution in [0.4, 0.5) is 5.69 Å². The van der Waals surface area contributed by atoms with Gasteiger partial charge in [0.1, 0.15) is 0 Å². The third kappa shape index (κ3) is 3.71. The van der Waals surface area contributed by atoms with E-state index in [1.807, 2.05) is 6.07 Å². The van der Waals surface area contributed by atoms with Gasteiger partial charge in [0.2, 0.25) is 0 Å². The molecule has 1 rings (SSSR count). The zero-order chi connectivity index (χ0) is 13.0.